The molecule has 0 unspecified atom stereocenters. The first-order valence-corrected chi connectivity index (χ1v) is 4.52. The molecule has 0 aliphatic heterocycles. The normalized spacial score (nSPS) is 10.5. The lowest BCUT2D eigenvalue weighted by Gasteiger charge is -2.05. The van der Waals surface area contributed by atoms with Crippen LogP contribution in [0.3, 0.4) is 0 Å². The summed E-state index contributed by atoms with van der Waals surface area (Å²) in [6, 6.07) is 0. The van der Waals surface area contributed by atoms with Crippen molar-refractivity contribution >= 4 is 0 Å². The first-order valence-electron chi connectivity index (χ1n) is 4.52. The van der Waals surface area contributed by atoms with Gasteiger partial charge in [-0.15, -0.1) is 0 Å². The Bertz CT molecular complexity index is 217. The number of hydrogen-bond acceptors (Lipinski definition) is 2. The summed E-state index contributed by atoms with van der Waals surface area (Å²) in [4.78, 5) is 4.13. The van der Waals surface area contributed by atoms with Crippen molar-refractivity contribution in [1.29, 1.82) is 0 Å². The van der Waals surface area contributed by atoms with Gasteiger partial charge in [-0.1, -0.05) is 13.3 Å². The average Bonchev–Trinajstić information content (AvgIpc) is 2.50. The molecule has 0 saturated heterocycles. The van der Waals surface area contributed by atoms with E-state index in [1.54, 1.807) is 0 Å². The van der Waals surface area contributed by atoms with E-state index in [0.29, 0.717) is 0 Å². The minimum Gasteiger partial charge on any atom is -0.333 e. The second-order valence-corrected chi connectivity index (χ2v) is 2.93. The molecule has 1 N–H and O–H groups in total. The van der Waals surface area contributed by atoms with E-state index in [2.05, 4.69) is 21.8 Å². The van der Waals surface area contributed by atoms with Crippen LogP contribution in [0.2, 0.25) is 0 Å². The molecule has 0 aliphatic rings. The summed E-state index contributed by atoms with van der Waals surface area (Å²) < 4.78 is 2.21. The topological polar surface area (TPSA) is 29.9 Å². The molecule has 3 heteroatoms. The molecule has 3 nitrogen and oxygen atoms in total. The number of likely N-dealkylation sites (N-methyl/N-ethyl adjacent to an activating group) is 1. The minimum absolute atomic E-state index is 1.01. The first kappa shape index (κ1) is 9.26. The fourth-order valence-corrected chi connectivity index (χ4v) is 1.25. The third kappa shape index (κ3) is 2.34. The minimum atomic E-state index is 1.01. The second kappa shape index (κ2) is 4.93. The van der Waals surface area contributed by atoms with Crippen molar-refractivity contribution in [2.24, 2.45) is 0 Å². The molecule has 1 aromatic heterocycles. The van der Waals surface area contributed by atoms with Crippen LogP contribution in [0, 0.1) is 0 Å². The van der Waals surface area contributed by atoms with Gasteiger partial charge in [-0.05, 0) is 13.5 Å². The van der Waals surface area contributed by atoms with Crippen LogP contribution in [0.4, 0.5) is 0 Å². The van der Waals surface area contributed by atoms with E-state index in [-0.39, 0.29) is 0 Å². The molecule has 0 amide bonds. The van der Waals surface area contributed by atoms with Gasteiger partial charge in [0.15, 0.2) is 0 Å². The maximum absolute atomic E-state index is 4.13. The lowest BCUT2D eigenvalue weighted by molar-refractivity contribution is 0.616. The van der Waals surface area contributed by atoms with Crippen molar-refractivity contribution in [1.82, 2.24) is 14.9 Å². The number of imidazole rings is 1. The van der Waals surface area contributed by atoms with Crippen LogP contribution in [0.25, 0.3) is 0 Å². The monoisotopic (exact) mass is 167 g/mol. The summed E-state index contributed by atoms with van der Waals surface area (Å²) in [6.45, 7) is 4.22. The van der Waals surface area contributed by atoms with Crippen molar-refractivity contribution in [2.45, 2.75) is 26.3 Å². The Morgan fingerprint density at radius 3 is 3.08 bits per heavy atom. The van der Waals surface area contributed by atoms with Crippen molar-refractivity contribution in [3.63, 3.8) is 0 Å². The van der Waals surface area contributed by atoms with E-state index in [4.69, 9.17) is 0 Å². The fourth-order valence-electron chi connectivity index (χ4n) is 1.25. The summed E-state index contributed by atoms with van der Waals surface area (Å²) in [7, 11) is 1.97. The Kier molecular flexibility index (Phi) is 3.80. The molecule has 0 bridgehead atoms. The number of nitrogens with zero attached hydrogens (tertiary/aromatic N) is 2. The maximum Gasteiger partial charge on any atom is 0.0948 e. The predicted molar refractivity (Wildman–Crippen MR) is 50.1 cm³/mol. The third-order valence-electron chi connectivity index (χ3n) is 1.91. The highest BCUT2D eigenvalue weighted by atomic mass is 15.1. The molecule has 1 rings (SSSR count). The van der Waals surface area contributed by atoms with E-state index in [9.17, 15) is 0 Å². The van der Waals surface area contributed by atoms with Gasteiger partial charge >= 0.3 is 0 Å². The number of rotatable bonds is 5. The molecular formula is C9H17N3. The van der Waals surface area contributed by atoms with Crippen molar-refractivity contribution < 1.29 is 0 Å². The average molecular weight is 167 g/mol. The quantitative estimate of drug-likeness (QED) is 0.710. The van der Waals surface area contributed by atoms with Gasteiger partial charge in [0.1, 0.15) is 0 Å². The lowest BCUT2D eigenvalue weighted by atomic mass is 10.3. The highest BCUT2D eigenvalue weighted by Gasteiger charge is 1.98. The number of aromatic nitrogens is 2. The van der Waals surface area contributed by atoms with Gasteiger partial charge in [0.05, 0.1) is 6.33 Å². The first-order chi connectivity index (χ1) is 5.88. The molecular weight excluding hydrogens is 150 g/mol. The Balaban J connectivity index is 2.51. The van der Waals surface area contributed by atoms with Gasteiger partial charge in [-0.2, -0.15) is 0 Å². The fraction of sp³-hybridized carbons (Fsp3) is 0.667. The van der Waals surface area contributed by atoms with E-state index >= 15 is 0 Å². The second-order valence-electron chi connectivity index (χ2n) is 2.93. The number of nitrogens with one attached hydrogen (secondary N) is 1. The molecule has 0 aromatic carbocycles. The van der Waals surface area contributed by atoms with E-state index in [1.165, 1.54) is 12.1 Å². The Morgan fingerprint density at radius 1 is 1.58 bits per heavy atom. The summed E-state index contributed by atoms with van der Waals surface area (Å²) >= 11 is 0. The number of hydrogen-bond donors (Lipinski definition) is 1. The molecule has 0 fully saturated rings. The third-order valence-corrected chi connectivity index (χ3v) is 1.91. The predicted octanol–water partition coefficient (Wildman–Crippen LogP) is 1.05. The molecule has 1 aromatic rings. The number of aryl methyl sites for hydroxylation is 1. The van der Waals surface area contributed by atoms with Crippen LogP contribution in [-0.2, 0) is 13.0 Å². The molecule has 0 spiro atoms. The molecule has 0 atom stereocenters. The summed E-state index contributed by atoms with van der Waals surface area (Å²) in [6.07, 6.45) is 6.18. The standard InChI is InChI=1S/C9H17N3/c1-3-4-9-7-11-8-12(9)6-5-10-2/h7-8,10H,3-6H2,1-2H3. The van der Waals surface area contributed by atoms with Crippen molar-refractivity contribution in [3.8, 4) is 0 Å². The summed E-state index contributed by atoms with van der Waals surface area (Å²) in [5, 5.41) is 3.13. The Hall–Kier alpha value is -0.830. The zero-order valence-electron chi connectivity index (χ0n) is 7.88. The molecule has 68 valence electrons. The van der Waals surface area contributed by atoms with Crippen LogP contribution < -0.4 is 5.32 Å². The summed E-state index contributed by atoms with van der Waals surface area (Å²) in [5.41, 5.74) is 1.34. The van der Waals surface area contributed by atoms with Crippen LogP contribution in [0.1, 0.15) is 19.0 Å². The van der Waals surface area contributed by atoms with Gasteiger partial charge in [0.2, 0.25) is 0 Å². The molecule has 1 heterocycles. The molecule has 0 aliphatic carbocycles. The van der Waals surface area contributed by atoms with Gasteiger partial charge in [-0.3, -0.25) is 0 Å². The summed E-state index contributed by atoms with van der Waals surface area (Å²) in [5.74, 6) is 0. The Labute approximate surface area is 73.8 Å². The zero-order valence-corrected chi connectivity index (χ0v) is 7.88. The van der Waals surface area contributed by atoms with E-state index in [0.717, 1.165) is 19.5 Å². The van der Waals surface area contributed by atoms with Crippen LogP contribution in [0.15, 0.2) is 12.5 Å². The van der Waals surface area contributed by atoms with Crippen molar-refractivity contribution in [2.75, 3.05) is 13.6 Å². The molecule has 0 saturated carbocycles. The van der Waals surface area contributed by atoms with Gasteiger partial charge in [-0.25, -0.2) is 4.98 Å². The highest BCUT2D eigenvalue weighted by Crippen LogP contribution is 2.01. The molecule has 12 heavy (non-hydrogen) atoms. The molecule has 0 radical (unpaired) electrons. The smallest absolute Gasteiger partial charge is 0.0948 e. The zero-order chi connectivity index (χ0) is 8.81. The van der Waals surface area contributed by atoms with Crippen LogP contribution in [0.5, 0.6) is 0 Å². The lowest BCUT2D eigenvalue weighted by Crippen LogP contribution is -2.15. The van der Waals surface area contributed by atoms with Gasteiger partial charge in [0.25, 0.3) is 0 Å². The highest BCUT2D eigenvalue weighted by molar-refractivity contribution is 4.98. The van der Waals surface area contributed by atoms with Crippen LogP contribution in [-0.4, -0.2) is 23.1 Å². The van der Waals surface area contributed by atoms with Crippen molar-refractivity contribution in [3.05, 3.63) is 18.2 Å². The van der Waals surface area contributed by atoms with E-state index in [1.807, 2.05) is 19.6 Å². The van der Waals surface area contributed by atoms with E-state index < -0.39 is 0 Å². The SMILES string of the molecule is CCCc1cncn1CCNC. The maximum atomic E-state index is 4.13. The largest absolute Gasteiger partial charge is 0.333 e. The van der Waals surface area contributed by atoms with Gasteiger partial charge in [0, 0.05) is 25.0 Å². The van der Waals surface area contributed by atoms with Gasteiger partial charge < -0.3 is 9.88 Å². The van der Waals surface area contributed by atoms with Crippen LogP contribution >= 0.6 is 0 Å². The Morgan fingerprint density at radius 2 is 2.42 bits per heavy atom.